The van der Waals surface area contributed by atoms with E-state index < -0.39 is 17.3 Å². The molecule has 2 aromatic carbocycles. The first-order chi connectivity index (χ1) is 10.8. The van der Waals surface area contributed by atoms with Gasteiger partial charge < -0.3 is 10.4 Å². The number of aliphatic carboxylic acids is 1. The Balaban J connectivity index is 2.20. The summed E-state index contributed by atoms with van der Waals surface area (Å²) < 4.78 is 0. The Morgan fingerprint density at radius 3 is 2.30 bits per heavy atom. The third-order valence-corrected chi connectivity index (χ3v) is 4.08. The second-order valence-electron chi connectivity index (χ2n) is 6.13. The summed E-state index contributed by atoms with van der Waals surface area (Å²) in [6.07, 6.45) is 0. The van der Waals surface area contributed by atoms with E-state index in [-0.39, 0.29) is 5.91 Å². The largest absolute Gasteiger partial charge is 0.481 e. The van der Waals surface area contributed by atoms with Gasteiger partial charge in [-0.1, -0.05) is 42.5 Å². The lowest BCUT2D eigenvalue weighted by atomic mass is 9.83. The van der Waals surface area contributed by atoms with Gasteiger partial charge in [0.2, 0.25) is 5.91 Å². The number of carbonyl (C=O) groups is 2. The summed E-state index contributed by atoms with van der Waals surface area (Å²) in [6, 6.07) is 16.5. The number of carbonyl (C=O) groups excluding carboxylic acids is 1. The van der Waals surface area contributed by atoms with E-state index in [9.17, 15) is 9.59 Å². The Labute approximate surface area is 136 Å². The van der Waals surface area contributed by atoms with Crippen molar-refractivity contribution >= 4 is 17.6 Å². The Bertz CT molecular complexity index is 708. The lowest BCUT2D eigenvalue weighted by molar-refractivity contribution is -0.138. The monoisotopic (exact) mass is 311 g/mol. The molecule has 1 amide bonds. The highest BCUT2D eigenvalue weighted by atomic mass is 16.4. The van der Waals surface area contributed by atoms with Gasteiger partial charge in [-0.15, -0.1) is 0 Å². The standard InChI is InChI=1S/C19H21NO3/c1-13(17(21)22)14-8-7-11-16(12-14)20-18(23)19(2,3)15-9-5-4-6-10-15/h4-13H,1-3H3,(H,20,23)(H,21,22). The Hall–Kier alpha value is -2.62. The third-order valence-electron chi connectivity index (χ3n) is 4.08. The minimum atomic E-state index is -0.891. The maximum atomic E-state index is 12.6. The van der Waals surface area contributed by atoms with Crippen LogP contribution in [0.3, 0.4) is 0 Å². The summed E-state index contributed by atoms with van der Waals surface area (Å²) in [7, 11) is 0. The molecule has 23 heavy (non-hydrogen) atoms. The molecule has 0 saturated carbocycles. The molecule has 2 aromatic rings. The molecule has 0 heterocycles. The van der Waals surface area contributed by atoms with Crippen LogP contribution in [0.1, 0.15) is 37.8 Å². The van der Waals surface area contributed by atoms with Crippen LogP contribution in [-0.2, 0) is 15.0 Å². The van der Waals surface area contributed by atoms with E-state index in [0.717, 1.165) is 5.56 Å². The summed E-state index contributed by atoms with van der Waals surface area (Å²) in [5.41, 5.74) is 1.50. The number of benzene rings is 2. The fourth-order valence-electron chi connectivity index (χ4n) is 2.30. The molecule has 4 nitrogen and oxygen atoms in total. The molecular weight excluding hydrogens is 290 g/mol. The zero-order valence-electron chi connectivity index (χ0n) is 13.5. The molecule has 4 heteroatoms. The number of rotatable bonds is 5. The molecule has 2 rings (SSSR count). The molecule has 0 bridgehead atoms. The number of amides is 1. The molecule has 2 N–H and O–H groups in total. The second-order valence-corrected chi connectivity index (χ2v) is 6.13. The maximum absolute atomic E-state index is 12.6. The van der Waals surface area contributed by atoms with E-state index in [1.54, 1.807) is 31.2 Å². The second kappa shape index (κ2) is 6.65. The van der Waals surface area contributed by atoms with Crippen LogP contribution in [0.5, 0.6) is 0 Å². The van der Waals surface area contributed by atoms with Gasteiger partial charge in [-0.25, -0.2) is 0 Å². The highest BCUT2D eigenvalue weighted by Gasteiger charge is 2.29. The van der Waals surface area contributed by atoms with E-state index in [1.165, 1.54) is 0 Å². The van der Waals surface area contributed by atoms with E-state index in [4.69, 9.17) is 5.11 Å². The van der Waals surface area contributed by atoms with Crippen molar-refractivity contribution in [1.29, 1.82) is 0 Å². The molecular formula is C19H21NO3. The normalized spacial score (nSPS) is 12.5. The van der Waals surface area contributed by atoms with Crippen molar-refractivity contribution in [3.63, 3.8) is 0 Å². The van der Waals surface area contributed by atoms with Gasteiger partial charge in [0.1, 0.15) is 0 Å². The zero-order chi connectivity index (χ0) is 17.0. The minimum Gasteiger partial charge on any atom is -0.481 e. The molecule has 0 fully saturated rings. The number of carboxylic acid groups (broad SMARTS) is 1. The topological polar surface area (TPSA) is 66.4 Å². The van der Waals surface area contributed by atoms with Gasteiger partial charge in [-0.2, -0.15) is 0 Å². The van der Waals surface area contributed by atoms with Crippen LogP contribution >= 0.6 is 0 Å². The smallest absolute Gasteiger partial charge is 0.310 e. The fourth-order valence-corrected chi connectivity index (χ4v) is 2.30. The molecule has 1 unspecified atom stereocenters. The summed E-state index contributed by atoms with van der Waals surface area (Å²) >= 11 is 0. The first-order valence-electron chi connectivity index (χ1n) is 7.52. The van der Waals surface area contributed by atoms with Gasteiger partial charge in [0.25, 0.3) is 0 Å². The molecule has 0 aliphatic carbocycles. The summed E-state index contributed by atoms with van der Waals surface area (Å²) in [4.78, 5) is 23.7. The van der Waals surface area contributed by atoms with E-state index in [0.29, 0.717) is 11.3 Å². The third kappa shape index (κ3) is 3.77. The zero-order valence-corrected chi connectivity index (χ0v) is 13.5. The SMILES string of the molecule is CC(C(=O)O)c1cccc(NC(=O)C(C)(C)c2ccccc2)c1. The Kier molecular flexibility index (Phi) is 4.84. The van der Waals surface area contributed by atoms with Crippen LogP contribution < -0.4 is 5.32 Å². The molecule has 0 radical (unpaired) electrons. The molecule has 120 valence electrons. The van der Waals surface area contributed by atoms with Crippen LogP contribution in [0.2, 0.25) is 0 Å². The first-order valence-corrected chi connectivity index (χ1v) is 7.52. The van der Waals surface area contributed by atoms with Gasteiger partial charge in [-0.3, -0.25) is 9.59 Å². The number of hydrogen-bond acceptors (Lipinski definition) is 2. The number of carboxylic acids is 1. The summed E-state index contributed by atoms with van der Waals surface area (Å²) in [6.45, 7) is 5.35. The van der Waals surface area contributed by atoms with Crippen LogP contribution in [0.4, 0.5) is 5.69 Å². The predicted molar refractivity (Wildman–Crippen MR) is 90.6 cm³/mol. The summed E-state index contributed by atoms with van der Waals surface area (Å²) in [5.74, 6) is -1.64. The van der Waals surface area contributed by atoms with Crippen molar-refractivity contribution in [3.05, 3.63) is 65.7 Å². The Morgan fingerprint density at radius 2 is 1.70 bits per heavy atom. The first kappa shape index (κ1) is 16.7. The van der Waals surface area contributed by atoms with Crippen LogP contribution in [-0.4, -0.2) is 17.0 Å². The van der Waals surface area contributed by atoms with Gasteiger partial charge in [0, 0.05) is 5.69 Å². The van der Waals surface area contributed by atoms with Crippen LogP contribution in [0.15, 0.2) is 54.6 Å². The number of nitrogens with one attached hydrogen (secondary N) is 1. The molecule has 0 aromatic heterocycles. The lowest BCUT2D eigenvalue weighted by Crippen LogP contribution is -2.34. The predicted octanol–water partition coefficient (Wildman–Crippen LogP) is 3.79. The molecule has 0 saturated heterocycles. The molecule has 0 aliphatic rings. The van der Waals surface area contributed by atoms with Crippen molar-refractivity contribution in [2.75, 3.05) is 5.32 Å². The highest BCUT2D eigenvalue weighted by Crippen LogP contribution is 2.26. The van der Waals surface area contributed by atoms with E-state index >= 15 is 0 Å². The van der Waals surface area contributed by atoms with Crippen LogP contribution in [0.25, 0.3) is 0 Å². The molecule has 1 atom stereocenters. The van der Waals surface area contributed by atoms with Crippen LogP contribution in [0, 0.1) is 0 Å². The molecule has 0 aliphatic heterocycles. The number of hydrogen-bond donors (Lipinski definition) is 2. The maximum Gasteiger partial charge on any atom is 0.310 e. The summed E-state index contributed by atoms with van der Waals surface area (Å²) in [5, 5.41) is 12.0. The average molecular weight is 311 g/mol. The molecule has 0 spiro atoms. The Morgan fingerprint density at radius 1 is 1.04 bits per heavy atom. The van der Waals surface area contributed by atoms with Crippen molar-refractivity contribution in [1.82, 2.24) is 0 Å². The van der Waals surface area contributed by atoms with Gasteiger partial charge in [-0.05, 0) is 44.0 Å². The van der Waals surface area contributed by atoms with Gasteiger partial charge >= 0.3 is 5.97 Å². The fraction of sp³-hybridized carbons (Fsp3) is 0.263. The lowest BCUT2D eigenvalue weighted by Gasteiger charge is -2.24. The van der Waals surface area contributed by atoms with Gasteiger partial charge in [0.15, 0.2) is 0 Å². The minimum absolute atomic E-state index is 0.135. The van der Waals surface area contributed by atoms with Gasteiger partial charge in [0.05, 0.1) is 11.3 Å². The number of anilines is 1. The highest BCUT2D eigenvalue weighted by molar-refractivity contribution is 5.98. The van der Waals surface area contributed by atoms with E-state index in [1.807, 2.05) is 44.2 Å². The van der Waals surface area contributed by atoms with Crippen molar-refractivity contribution in [2.45, 2.75) is 32.1 Å². The quantitative estimate of drug-likeness (QED) is 0.883. The van der Waals surface area contributed by atoms with Crippen molar-refractivity contribution < 1.29 is 14.7 Å². The van der Waals surface area contributed by atoms with Crippen molar-refractivity contribution in [3.8, 4) is 0 Å². The van der Waals surface area contributed by atoms with Crippen molar-refractivity contribution in [2.24, 2.45) is 0 Å². The van der Waals surface area contributed by atoms with E-state index in [2.05, 4.69) is 5.32 Å². The average Bonchev–Trinajstić information content (AvgIpc) is 2.55.